The lowest BCUT2D eigenvalue weighted by molar-refractivity contribution is -0.117. The first-order valence-electron chi connectivity index (χ1n) is 4.76. The summed E-state index contributed by atoms with van der Waals surface area (Å²) >= 11 is 0. The Morgan fingerprint density at radius 3 is 2.80 bits per heavy atom. The van der Waals surface area contributed by atoms with E-state index in [4.69, 9.17) is 15.6 Å². The van der Waals surface area contributed by atoms with Gasteiger partial charge in [-0.05, 0) is 13.0 Å². The van der Waals surface area contributed by atoms with E-state index in [0.29, 0.717) is 5.75 Å². The summed E-state index contributed by atoms with van der Waals surface area (Å²) < 4.78 is 5.34. The third-order valence-electron chi connectivity index (χ3n) is 1.82. The largest absolute Gasteiger partial charge is 0.491 e. The number of rotatable bonds is 5. The molecule has 1 rings (SSSR count). The van der Waals surface area contributed by atoms with Crippen molar-refractivity contribution in [1.82, 2.24) is 0 Å². The molecule has 0 radical (unpaired) electrons. The first kappa shape index (κ1) is 11.5. The molecule has 0 aliphatic heterocycles. The molecule has 0 saturated carbocycles. The lowest BCUT2D eigenvalue weighted by Gasteiger charge is -2.11. The zero-order valence-electron chi connectivity index (χ0n) is 8.64. The van der Waals surface area contributed by atoms with Gasteiger partial charge >= 0.3 is 0 Å². The van der Waals surface area contributed by atoms with Crippen LogP contribution in [-0.2, 0) is 11.2 Å². The zero-order valence-corrected chi connectivity index (χ0v) is 8.64. The molecule has 0 heterocycles. The lowest BCUT2D eigenvalue weighted by atomic mass is 10.1. The van der Waals surface area contributed by atoms with Crippen molar-refractivity contribution in [2.45, 2.75) is 19.4 Å². The van der Waals surface area contributed by atoms with Crippen molar-refractivity contribution in [1.29, 1.82) is 0 Å². The van der Waals surface area contributed by atoms with Crippen LogP contribution in [0.25, 0.3) is 0 Å². The fraction of sp³-hybridized carbons (Fsp3) is 0.364. The third-order valence-corrected chi connectivity index (χ3v) is 1.82. The minimum Gasteiger partial charge on any atom is -0.491 e. The first-order chi connectivity index (χ1) is 7.09. The number of amides is 1. The van der Waals surface area contributed by atoms with Gasteiger partial charge in [0, 0.05) is 5.56 Å². The van der Waals surface area contributed by atoms with Gasteiger partial charge in [0.15, 0.2) is 0 Å². The van der Waals surface area contributed by atoms with E-state index in [1.807, 2.05) is 12.1 Å². The standard InChI is InChI=1S/C11H15NO3/c1-8(13)7-15-10-5-3-2-4-9(10)6-11(12)14/h2-5,8,13H,6-7H2,1H3,(H2,12,14). The maximum absolute atomic E-state index is 10.8. The molecular formula is C11H15NO3. The van der Waals surface area contributed by atoms with Crippen LogP contribution in [0.1, 0.15) is 12.5 Å². The highest BCUT2D eigenvalue weighted by Gasteiger charge is 2.06. The molecule has 1 amide bonds. The van der Waals surface area contributed by atoms with E-state index in [9.17, 15) is 4.79 Å². The predicted octanol–water partition coefficient (Wildman–Crippen LogP) is 0.474. The van der Waals surface area contributed by atoms with Gasteiger partial charge < -0.3 is 15.6 Å². The van der Waals surface area contributed by atoms with Crippen LogP contribution in [-0.4, -0.2) is 23.7 Å². The molecule has 0 spiro atoms. The zero-order chi connectivity index (χ0) is 11.3. The molecule has 0 saturated heterocycles. The molecule has 1 aromatic carbocycles. The van der Waals surface area contributed by atoms with Crippen LogP contribution >= 0.6 is 0 Å². The average molecular weight is 209 g/mol. The van der Waals surface area contributed by atoms with Crippen molar-refractivity contribution in [3.8, 4) is 5.75 Å². The van der Waals surface area contributed by atoms with Gasteiger partial charge in [-0.3, -0.25) is 4.79 Å². The number of para-hydroxylation sites is 1. The minimum atomic E-state index is -0.536. The van der Waals surface area contributed by atoms with Gasteiger partial charge in [-0.25, -0.2) is 0 Å². The van der Waals surface area contributed by atoms with E-state index in [0.717, 1.165) is 5.56 Å². The molecule has 4 nitrogen and oxygen atoms in total. The molecule has 1 unspecified atom stereocenters. The summed E-state index contributed by atoms with van der Waals surface area (Å²) in [4.78, 5) is 10.8. The molecule has 1 aromatic rings. The second kappa shape index (κ2) is 5.36. The average Bonchev–Trinajstić information content (AvgIpc) is 2.15. The fourth-order valence-corrected chi connectivity index (χ4v) is 1.19. The van der Waals surface area contributed by atoms with E-state index < -0.39 is 12.0 Å². The van der Waals surface area contributed by atoms with E-state index in [1.165, 1.54) is 0 Å². The van der Waals surface area contributed by atoms with Crippen LogP contribution in [0.4, 0.5) is 0 Å². The van der Waals surface area contributed by atoms with Crippen LogP contribution in [0.3, 0.4) is 0 Å². The lowest BCUT2D eigenvalue weighted by Crippen LogP contribution is -2.16. The summed E-state index contributed by atoms with van der Waals surface area (Å²) in [5.74, 6) is 0.195. The molecule has 15 heavy (non-hydrogen) atoms. The van der Waals surface area contributed by atoms with Gasteiger partial charge in [0.1, 0.15) is 12.4 Å². The van der Waals surface area contributed by atoms with Gasteiger partial charge in [0.25, 0.3) is 0 Å². The van der Waals surface area contributed by atoms with E-state index in [2.05, 4.69) is 0 Å². The maximum Gasteiger partial charge on any atom is 0.221 e. The number of benzene rings is 1. The number of nitrogens with two attached hydrogens (primary N) is 1. The number of carbonyl (C=O) groups excluding carboxylic acids is 1. The van der Waals surface area contributed by atoms with Crippen molar-refractivity contribution in [3.05, 3.63) is 29.8 Å². The molecule has 0 fully saturated rings. The Morgan fingerprint density at radius 2 is 2.20 bits per heavy atom. The Bertz CT molecular complexity index is 336. The van der Waals surface area contributed by atoms with E-state index >= 15 is 0 Å². The summed E-state index contributed by atoms with van der Waals surface area (Å²) in [6.07, 6.45) is -0.387. The number of aliphatic hydroxyl groups is 1. The summed E-state index contributed by atoms with van der Waals surface area (Å²) in [6.45, 7) is 1.84. The Kier molecular flexibility index (Phi) is 4.12. The Balaban J connectivity index is 2.72. The number of aliphatic hydroxyl groups excluding tert-OH is 1. The summed E-state index contributed by atoms with van der Waals surface area (Å²) in [6, 6.07) is 7.15. The fourth-order valence-electron chi connectivity index (χ4n) is 1.19. The van der Waals surface area contributed by atoms with Crippen molar-refractivity contribution in [2.24, 2.45) is 5.73 Å². The second-order valence-corrected chi connectivity index (χ2v) is 3.41. The van der Waals surface area contributed by atoms with Gasteiger partial charge in [0.05, 0.1) is 12.5 Å². The van der Waals surface area contributed by atoms with Gasteiger partial charge in [-0.1, -0.05) is 18.2 Å². The smallest absolute Gasteiger partial charge is 0.221 e. The van der Waals surface area contributed by atoms with Crippen molar-refractivity contribution in [2.75, 3.05) is 6.61 Å². The van der Waals surface area contributed by atoms with Crippen LogP contribution in [0.2, 0.25) is 0 Å². The molecular weight excluding hydrogens is 194 g/mol. The van der Waals surface area contributed by atoms with Crippen LogP contribution in [0, 0.1) is 0 Å². The van der Waals surface area contributed by atoms with Crippen LogP contribution in [0.15, 0.2) is 24.3 Å². The summed E-state index contributed by atoms with van der Waals surface area (Å²) in [5, 5.41) is 9.07. The van der Waals surface area contributed by atoms with Crippen LogP contribution < -0.4 is 10.5 Å². The van der Waals surface area contributed by atoms with Crippen molar-refractivity contribution in [3.63, 3.8) is 0 Å². The van der Waals surface area contributed by atoms with Crippen molar-refractivity contribution < 1.29 is 14.6 Å². The highest BCUT2D eigenvalue weighted by atomic mass is 16.5. The molecule has 4 heteroatoms. The Labute approximate surface area is 88.7 Å². The number of primary amides is 1. The number of hydrogen-bond acceptors (Lipinski definition) is 3. The van der Waals surface area contributed by atoms with Gasteiger partial charge in [-0.2, -0.15) is 0 Å². The molecule has 0 aliphatic carbocycles. The number of carbonyl (C=O) groups is 1. The summed E-state index contributed by atoms with van der Waals surface area (Å²) in [7, 11) is 0. The highest BCUT2D eigenvalue weighted by molar-refractivity contribution is 5.77. The second-order valence-electron chi connectivity index (χ2n) is 3.41. The van der Waals surface area contributed by atoms with E-state index in [1.54, 1.807) is 19.1 Å². The van der Waals surface area contributed by atoms with E-state index in [-0.39, 0.29) is 13.0 Å². The normalized spacial score (nSPS) is 12.1. The predicted molar refractivity (Wildman–Crippen MR) is 56.5 cm³/mol. The SMILES string of the molecule is CC(O)COc1ccccc1CC(N)=O. The number of hydrogen-bond donors (Lipinski definition) is 2. The molecule has 82 valence electrons. The number of ether oxygens (including phenoxy) is 1. The van der Waals surface area contributed by atoms with Gasteiger partial charge in [-0.15, -0.1) is 0 Å². The Hall–Kier alpha value is -1.55. The summed E-state index contributed by atoms with van der Waals surface area (Å²) in [5.41, 5.74) is 5.85. The molecule has 0 aromatic heterocycles. The minimum absolute atomic E-state index is 0.149. The molecule has 1 atom stereocenters. The first-order valence-corrected chi connectivity index (χ1v) is 4.76. The topological polar surface area (TPSA) is 72.6 Å². The quantitative estimate of drug-likeness (QED) is 0.740. The van der Waals surface area contributed by atoms with Gasteiger partial charge in [0.2, 0.25) is 5.91 Å². The Morgan fingerprint density at radius 1 is 1.53 bits per heavy atom. The highest BCUT2D eigenvalue weighted by Crippen LogP contribution is 2.18. The van der Waals surface area contributed by atoms with Crippen LogP contribution in [0.5, 0.6) is 5.75 Å². The monoisotopic (exact) mass is 209 g/mol. The third kappa shape index (κ3) is 3.99. The van der Waals surface area contributed by atoms with Crippen molar-refractivity contribution >= 4 is 5.91 Å². The maximum atomic E-state index is 10.8. The molecule has 3 N–H and O–H groups in total. The molecule has 0 bridgehead atoms. The molecule has 0 aliphatic rings.